The van der Waals surface area contributed by atoms with Crippen LogP contribution in [-0.2, 0) is 0 Å². The molecule has 1 atom stereocenters. The van der Waals surface area contributed by atoms with Crippen molar-refractivity contribution in [1.29, 1.82) is 0 Å². The highest BCUT2D eigenvalue weighted by atomic mass is 16.3. The Morgan fingerprint density at radius 2 is 2.29 bits per heavy atom. The minimum Gasteiger partial charge on any atom is -0.394 e. The minimum atomic E-state index is -0.261. The molecule has 0 unspecified atom stereocenters. The smallest absolute Gasteiger partial charge is 0.272 e. The van der Waals surface area contributed by atoms with E-state index in [1.165, 1.54) is 0 Å². The monoisotopic (exact) mass is 233 g/mol. The largest absolute Gasteiger partial charge is 0.394 e. The van der Waals surface area contributed by atoms with Crippen LogP contribution in [0.25, 0.3) is 10.9 Å². The van der Waals surface area contributed by atoms with E-state index in [0.29, 0.717) is 12.1 Å². The van der Waals surface area contributed by atoms with E-state index in [4.69, 9.17) is 5.11 Å². The summed E-state index contributed by atoms with van der Waals surface area (Å²) < 4.78 is 0. The van der Waals surface area contributed by atoms with Crippen molar-refractivity contribution in [2.75, 3.05) is 6.61 Å². The van der Waals surface area contributed by atoms with E-state index in [9.17, 15) is 4.79 Å². The highest BCUT2D eigenvalue weighted by Gasteiger charge is 2.16. The van der Waals surface area contributed by atoms with E-state index in [1.54, 1.807) is 0 Å². The molecule has 5 nitrogen and oxygen atoms in total. The molecule has 2 aromatic rings. The number of H-pyrrole nitrogens is 1. The third kappa shape index (κ3) is 2.29. The van der Waals surface area contributed by atoms with E-state index in [-0.39, 0.29) is 18.6 Å². The van der Waals surface area contributed by atoms with Crippen LogP contribution in [0.4, 0.5) is 0 Å². The Morgan fingerprint density at radius 1 is 1.53 bits per heavy atom. The van der Waals surface area contributed by atoms with Gasteiger partial charge >= 0.3 is 0 Å². The van der Waals surface area contributed by atoms with Gasteiger partial charge in [0.25, 0.3) is 5.91 Å². The van der Waals surface area contributed by atoms with Crippen LogP contribution in [0.1, 0.15) is 23.8 Å². The third-order valence-corrected chi connectivity index (χ3v) is 2.73. The SMILES string of the molecule is CC[C@H](CO)NC(=O)c1n[nH]c2ccccc12. The molecule has 1 amide bonds. The number of fused-ring (bicyclic) bond motifs is 1. The van der Waals surface area contributed by atoms with Gasteiger partial charge in [0.15, 0.2) is 5.69 Å². The maximum absolute atomic E-state index is 11.9. The zero-order valence-electron chi connectivity index (χ0n) is 9.60. The first-order chi connectivity index (χ1) is 8.26. The summed E-state index contributed by atoms with van der Waals surface area (Å²) in [6.45, 7) is 1.84. The van der Waals surface area contributed by atoms with E-state index in [0.717, 1.165) is 10.9 Å². The van der Waals surface area contributed by atoms with Crippen molar-refractivity contribution in [1.82, 2.24) is 15.5 Å². The number of amides is 1. The van der Waals surface area contributed by atoms with Crippen LogP contribution >= 0.6 is 0 Å². The standard InChI is InChI=1S/C12H15N3O2/c1-2-8(7-16)13-12(17)11-9-5-3-4-6-10(9)14-15-11/h3-6,8,16H,2,7H2,1H3,(H,13,17)(H,14,15)/t8-/m1/s1. The lowest BCUT2D eigenvalue weighted by molar-refractivity contribution is 0.0911. The molecule has 5 heteroatoms. The van der Waals surface area contributed by atoms with Crippen molar-refractivity contribution < 1.29 is 9.90 Å². The average molecular weight is 233 g/mol. The van der Waals surface area contributed by atoms with Crippen LogP contribution in [0.2, 0.25) is 0 Å². The van der Waals surface area contributed by atoms with Gasteiger partial charge in [0.05, 0.1) is 18.2 Å². The minimum absolute atomic E-state index is 0.0649. The lowest BCUT2D eigenvalue weighted by atomic mass is 10.2. The Morgan fingerprint density at radius 3 is 3.00 bits per heavy atom. The second kappa shape index (κ2) is 4.97. The van der Waals surface area contributed by atoms with E-state index >= 15 is 0 Å². The fraction of sp³-hybridized carbons (Fsp3) is 0.333. The maximum atomic E-state index is 11.9. The quantitative estimate of drug-likeness (QED) is 0.739. The molecule has 1 aromatic heterocycles. The average Bonchev–Trinajstić information content (AvgIpc) is 2.79. The van der Waals surface area contributed by atoms with Crippen molar-refractivity contribution >= 4 is 16.8 Å². The molecule has 90 valence electrons. The van der Waals surface area contributed by atoms with Crippen molar-refractivity contribution in [2.45, 2.75) is 19.4 Å². The van der Waals surface area contributed by atoms with Crippen LogP contribution in [0.5, 0.6) is 0 Å². The van der Waals surface area contributed by atoms with Crippen LogP contribution in [0.15, 0.2) is 24.3 Å². The molecule has 0 aliphatic carbocycles. The zero-order chi connectivity index (χ0) is 12.3. The Hall–Kier alpha value is -1.88. The van der Waals surface area contributed by atoms with Crippen molar-refractivity contribution in [3.05, 3.63) is 30.0 Å². The number of aliphatic hydroxyl groups is 1. The number of para-hydroxylation sites is 1. The lowest BCUT2D eigenvalue weighted by Crippen LogP contribution is -2.37. The predicted octanol–water partition coefficient (Wildman–Crippen LogP) is 1.06. The summed E-state index contributed by atoms with van der Waals surface area (Å²) >= 11 is 0. The molecule has 0 spiro atoms. The lowest BCUT2D eigenvalue weighted by Gasteiger charge is -2.12. The van der Waals surface area contributed by atoms with Gasteiger partial charge in [-0.3, -0.25) is 9.89 Å². The third-order valence-electron chi connectivity index (χ3n) is 2.73. The molecule has 0 saturated carbocycles. The van der Waals surface area contributed by atoms with E-state index in [2.05, 4.69) is 15.5 Å². The molecule has 2 rings (SSSR count). The van der Waals surface area contributed by atoms with Crippen molar-refractivity contribution in [3.63, 3.8) is 0 Å². The maximum Gasteiger partial charge on any atom is 0.272 e. The molecule has 1 aromatic carbocycles. The molecule has 0 aliphatic heterocycles. The number of hydrogen-bond acceptors (Lipinski definition) is 3. The van der Waals surface area contributed by atoms with Crippen LogP contribution in [0, 0.1) is 0 Å². The Kier molecular flexibility index (Phi) is 3.39. The highest BCUT2D eigenvalue weighted by molar-refractivity contribution is 6.04. The number of aromatic amines is 1. The van der Waals surface area contributed by atoms with Gasteiger partial charge in [-0.1, -0.05) is 25.1 Å². The van der Waals surface area contributed by atoms with Crippen LogP contribution < -0.4 is 5.32 Å². The summed E-state index contributed by atoms with van der Waals surface area (Å²) in [5.74, 6) is -0.261. The zero-order valence-corrected chi connectivity index (χ0v) is 9.60. The molecule has 0 bridgehead atoms. The number of rotatable bonds is 4. The van der Waals surface area contributed by atoms with Gasteiger partial charge in [-0.2, -0.15) is 5.10 Å². The molecule has 1 heterocycles. The normalized spacial score (nSPS) is 12.6. The van der Waals surface area contributed by atoms with Crippen molar-refractivity contribution in [2.24, 2.45) is 0 Å². The molecule has 0 aliphatic rings. The summed E-state index contributed by atoms with van der Waals surface area (Å²) in [4.78, 5) is 11.9. The van der Waals surface area contributed by atoms with Gasteiger partial charge in [0.1, 0.15) is 0 Å². The summed E-state index contributed by atoms with van der Waals surface area (Å²) in [6.07, 6.45) is 0.685. The van der Waals surface area contributed by atoms with Gasteiger partial charge in [-0.05, 0) is 12.5 Å². The fourth-order valence-corrected chi connectivity index (χ4v) is 1.67. The van der Waals surface area contributed by atoms with E-state index < -0.39 is 0 Å². The number of aliphatic hydroxyl groups excluding tert-OH is 1. The van der Waals surface area contributed by atoms with Gasteiger partial charge in [0, 0.05) is 5.39 Å². The van der Waals surface area contributed by atoms with Gasteiger partial charge in [-0.25, -0.2) is 0 Å². The van der Waals surface area contributed by atoms with Gasteiger partial charge in [0.2, 0.25) is 0 Å². The van der Waals surface area contributed by atoms with Crippen LogP contribution in [0.3, 0.4) is 0 Å². The summed E-state index contributed by atoms with van der Waals surface area (Å²) in [5.41, 5.74) is 1.20. The fourth-order valence-electron chi connectivity index (χ4n) is 1.67. The van der Waals surface area contributed by atoms with Crippen molar-refractivity contribution in [3.8, 4) is 0 Å². The van der Waals surface area contributed by atoms with Crippen LogP contribution in [-0.4, -0.2) is 33.9 Å². The number of nitrogens with one attached hydrogen (secondary N) is 2. The molecule has 0 radical (unpaired) electrons. The molecular formula is C12H15N3O2. The summed E-state index contributed by atoms with van der Waals surface area (Å²) in [7, 11) is 0. The molecule has 0 fully saturated rings. The Labute approximate surface area is 98.8 Å². The number of hydrogen-bond donors (Lipinski definition) is 3. The second-order valence-corrected chi connectivity index (χ2v) is 3.88. The summed E-state index contributed by atoms with van der Waals surface area (Å²) in [6, 6.07) is 7.22. The molecule has 3 N–H and O–H groups in total. The molecule has 0 saturated heterocycles. The number of benzene rings is 1. The first-order valence-electron chi connectivity index (χ1n) is 5.61. The first-order valence-corrected chi connectivity index (χ1v) is 5.61. The topological polar surface area (TPSA) is 78.0 Å². The van der Waals surface area contributed by atoms with Gasteiger partial charge < -0.3 is 10.4 Å². The number of nitrogens with zero attached hydrogens (tertiary/aromatic N) is 1. The number of aromatic nitrogens is 2. The number of carbonyl (C=O) groups is 1. The predicted molar refractivity (Wildman–Crippen MR) is 64.7 cm³/mol. The first kappa shape index (κ1) is 11.6. The Bertz CT molecular complexity index is 517. The highest BCUT2D eigenvalue weighted by Crippen LogP contribution is 2.14. The molecular weight excluding hydrogens is 218 g/mol. The van der Waals surface area contributed by atoms with E-state index in [1.807, 2.05) is 31.2 Å². The molecule has 17 heavy (non-hydrogen) atoms. The Balaban J connectivity index is 2.25. The summed E-state index contributed by atoms with van der Waals surface area (Å²) in [5, 5.41) is 19.4. The van der Waals surface area contributed by atoms with Gasteiger partial charge in [-0.15, -0.1) is 0 Å². The number of carbonyl (C=O) groups excluding carboxylic acids is 1. The second-order valence-electron chi connectivity index (χ2n) is 3.88.